The summed E-state index contributed by atoms with van der Waals surface area (Å²) in [6.45, 7) is 14.5. The van der Waals surface area contributed by atoms with E-state index in [0.717, 1.165) is 23.8 Å². The molecular formula is C15H29N3S. The van der Waals surface area contributed by atoms with Gasteiger partial charge in [0.2, 0.25) is 0 Å². The molecule has 0 aromatic carbocycles. The maximum atomic E-state index is 4.78. The maximum absolute atomic E-state index is 4.78. The van der Waals surface area contributed by atoms with E-state index in [4.69, 9.17) is 4.98 Å². The number of hydrogen-bond acceptors (Lipinski definition) is 4. The van der Waals surface area contributed by atoms with Gasteiger partial charge in [-0.15, -0.1) is 11.3 Å². The third-order valence-corrected chi connectivity index (χ3v) is 4.74. The molecule has 19 heavy (non-hydrogen) atoms. The highest BCUT2D eigenvalue weighted by Crippen LogP contribution is 2.30. The van der Waals surface area contributed by atoms with Gasteiger partial charge in [-0.1, -0.05) is 27.7 Å². The van der Waals surface area contributed by atoms with Crippen LogP contribution in [0.3, 0.4) is 0 Å². The molecule has 0 amide bonds. The summed E-state index contributed by atoms with van der Waals surface area (Å²) in [4.78, 5) is 7.07. The van der Waals surface area contributed by atoms with Crippen molar-refractivity contribution in [2.45, 2.75) is 60.0 Å². The van der Waals surface area contributed by atoms with Gasteiger partial charge >= 0.3 is 0 Å². The van der Waals surface area contributed by atoms with Crippen LogP contribution in [-0.2, 0) is 0 Å². The lowest BCUT2D eigenvalue weighted by atomic mass is 9.87. The summed E-state index contributed by atoms with van der Waals surface area (Å²) >= 11 is 1.74. The van der Waals surface area contributed by atoms with Crippen molar-refractivity contribution < 1.29 is 0 Å². The molecule has 1 aromatic heterocycles. The Bertz CT molecular complexity index is 381. The fourth-order valence-electron chi connectivity index (χ4n) is 1.85. The van der Waals surface area contributed by atoms with Crippen LogP contribution in [0.25, 0.3) is 0 Å². The predicted molar refractivity (Wildman–Crippen MR) is 86.1 cm³/mol. The summed E-state index contributed by atoms with van der Waals surface area (Å²) < 4.78 is 0. The fraction of sp³-hybridized carbons (Fsp3) is 0.800. The molecule has 0 fully saturated rings. The Morgan fingerprint density at radius 1 is 1.37 bits per heavy atom. The molecule has 1 N–H and O–H groups in total. The second kappa shape index (κ2) is 6.71. The van der Waals surface area contributed by atoms with Crippen molar-refractivity contribution in [1.29, 1.82) is 0 Å². The van der Waals surface area contributed by atoms with E-state index in [1.54, 1.807) is 11.3 Å². The first kappa shape index (κ1) is 16.4. The minimum absolute atomic E-state index is 0.257. The van der Waals surface area contributed by atoms with Crippen molar-refractivity contribution in [3.05, 3.63) is 11.1 Å². The monoisotopic (exact) mass is 283 g/mol. The molecule has 3 nitrogen and oxygen atoms in total. The Labute approximate surface area is 122 Å². The maximum Gasteiger partial charge on any atom is 0.185 e. The molecule has 0 saturated heterocycles. The molecule has 0 aliphatic heterocycles. The van der Waals surface area contributed by atoms with Gasteiger partial charge in [-0.2, -0.15) is 0 Å². The summed E-state index contributed by atoms with van der Waals surface area (Å²) in [7, 11) is 2.14. The van der Waals surface area contributed by atoms with E-state index in [1.165, 1.54) is 0 Å². The third-order valence-electron chi connectivity index (χ3n) is 3.79. The van der Waals surface area contributed by atoms with Crippen molar-refractivity contribution in [3.8, 4) is 0 Å². The lowest BCUT2D eigenvalue weighted by Gasteiger charge is -2.35. The Kier molecular flexibility index (Phi) is 5.81. The number of thiazole rings is 1. The van der Waals surface area contributed by atoms with E-state index in [2.05, 4.69) is 64.2 Å². The molecule has 1 heterocycles. The van der Waals surface area contributed by atoms with Crippen LogP contribution >= 0.6 is 11.3 Å². The van der Waals surface area contributed by atoms with Crippen molar-refractivity contribution in [3.63, 3.8) is 0 Å². The first-order valence-electron chi connectivity index (χ1n) is 7.19. The number of hydrogen-bond donors (Lipinski definition) is 1. The highest BCUT2D eigenvalue weighted by Gasteiger charge is 2.25. The zero-order valence-corrected chi connectivity index (χ0v) is 14.3. The van der Waals surface area contributed by atoms with Crippen LogP contribution in [0.2, 0.25) is 0 Å². The van der Waals surface area contributed by atoms with Crippen LogP contribution in [0, 0.1) is 5.41 Å². The number of aromatic nitrogens is 1. The van der Waals surface area contributed by atoms with Gasteiger partial charge in [0.1, 0.15) is 0 Å². The zero-order chi connectivity index (χ0) is 14.6. The molecule has 110 valence electrons. The van der Waals surface area contributed by atoms with E-state index in [0.29, 0.717) is 12.1 Å². The fourth-order valence-corrected chi connectivity index (χ4v) is 2.81. The van der Waals surface area contributed by atoms with Crippen molar-refractivity contribution in [2.24, 2.45) is 5.41 Å². The lowest BCUT2D eigenvalue weighted by molar-refractivity contribution is 0.329. The van der Waals surface area contributed by atoms with Gasteiger partial charge in [-0.05, 0) is 32.2 Å². The Morgan fingerprint density at radius 3 is 2.53 bits per heavy atom. The molecule has 0 bridgehead atoms. The molecule has 0 aliphatic rings. The zero-order valence-electron chi connectivity index (χ0n) is 13.4. The molecule has 0 spiro atoms. The Balaban J connectivity index is 2.73. The minimum Gasteiger partial charge on any atom is -0.348 e. The van der Waals surface area contributed by atoms with E-state index in [9.17, 15) is 0 Å². The van der Waals surface area contributed by atoms with Crippen LogP contribution in [0.5, 0.6) is 0 Å². The Morgan fingerprint density at radius 2 is 2.00 bits per heavy atom. The smallest absolute Gasteiger partial charge is 0.185 e. The van der Waals surface area contributed by atoms with E-state index in [1.807, 2.05) is 0 Å². The Hall–Kier alpha value is -0.610. The number of rotatable bonds is 6. The van der Waals surface area contributed by atoms with Crippen LogP contribution in [-0.4, -0.2) is 24.6 Å². The van der Waals surface area contributed by atoms with Crippen LogP contribution in [0.4, 0.5) is 5.13 Å². The van der Waals surface area contributed by atoms with Gasteiger partial charge in [-0.25, -0.2) is 4.98 Å². The van der Waals surface area contributed by atoms with Crippen molar-refractivity contribution in [1.82, 2.24) is 10.3 Å². The van der Waals surface area contributed by atoms with E-state index < -0.39 is 0 Å². The standard InChI is InChI=1S/C15H29N3S/c1-8-9-16-11(2)13-10-19-14(17-13)18(7)12(3)15(4,5)6/h10-12,16H,8-9H2,1-7H3. The first-order chi connectivity index (χ1) is 8.77. The summed E-state index contributed by atoms with van der Waals surface area (Å²) in [5.41, 5.74) is 1.41. The second-order valence-corrected chi connectivity index (χ2v) is 7.22. The average molecular weight is 283 g/mol. The molecule has 1 rings (SSSR count). The topological polar surface area (TPSA) is 28.2 Å². The largest absolute Gasteiger partial charge is 0.348 e. The highest BCUT2D eigenvalue weighted by molar-refractivity contribution is 7.13. The molecule has 0 radical (unpaired) electrons. The summed E-state index contributed by atoms with van der Waals surface area (Å²) in [5, 5.41) is 6.77. The van der Waals surface area contributed by atoms with Crippen LogP contribution in [0.1, 0.15) is 59.7 Å². The first-order valence-corrected chi connectivity index (χ1v) is 8.07. The molecule has 4 heteroatoms. The number of nitrogens with one attached hydrogen (secondary N) is 1. The van der Waals surface area contributed by atoms with Crippen molar-refractivity contribution >= 4 is 16.5 Å². The van der Waals surface area contributed by atoms with Gasteiger partial charge in [0.25, 0.3) is 0 Å². The molecule has 0 aliphatic carbocycles. The SMILES string of the molecule is CCCNC(C)c1csc(N(C)C(C)C(C)(C)C)n1. The summed E-state index contributed by atoms with van der Waals surface area (Å²) in [5.74, 6) is 0. The molecule has 2 atom stereocenters. The molecular weight excluding hydrogens is 254 g/mol. The van der Waals surface area contributed by atoms with E-state index >= 15 is 0 Å². The van der Waals surface area contributed by atoms with Crippen LogP contribution < -0.4 is 10.2 Å². The average Bonchev–Trinajstić information content (AvgIpc) is 2.82. The van der Waals surface area contributed by atoms with Gasteiger partial charge in [-0.3, -0.25) is 0 Å². The highest BCUT2D eigenvalue weighted by atomic mass is 32.1. The van der Waals surface area contributed by atoms with Gasteiger partial charge < -0.3 is 10.2 Å². The molecule has 0 saturated carbocycles. The minimum atomic E-state index is 0.257. The molecule has 2 unspecified atom stereocenters. The van der Waals surface area contributed by atoms with E-state index in [-0.39, 0.29) is 5.41 Å². The second-order valence-electron chi connectivity index (χ2n) is 6.38. The van der Waals surface area contributed by atoms with Gasteiger partial charge in [0, 0.05) is 24.5 Å². The van der Waals surface area contributed by atoms with Gasteiger partial charge in [0.05, 0.1) is 5.69 Å². The predicted octanol–water partition coefficient (Wildman–Crippen LogP) is 4.07. The third kappa shape index (κ3) is 4.46. The van der Waals surface area contributed by atoms with Gasteiger partial charge in [0.15, 0.2) is 5.13 Å². The quantitative estimate of drug-likeness (QED) is 0.853. The lowest BCUT2D eigenvalue weighted by Crippen LogP contribution is -2.39. The normalized spacial score (nSPS) is 15.3. The summed E-state index contributed by atoms with van der Waals surface area (Å²) in [6.07, 6.45) is 1.16. The molecule has 1 aromatic rings. The van der Waals surface area contributed by atoms with Crippen LogP contribution in [0.15, 0.2) is 5.38 Å². The number of nitrogens with zero attached hydrogens (tertiary/aromatic N) is 2. The van der Waals surface area contributed by atoms with Crippen molar-refractivity contribution in [2.75, 3.05) is 18.5 Å². The number of anilines is 1. The summed E-state index contributed by atoms with van der Waals surface area (Å²) in [6, 6.07) is 0.800.